The first-order chi connectivity index (χ1) is 10.8. The minimum absolute atomic E-state index is 0.118. The van der Waals surface area contributed by atoms with E-state index in [-0.39, 0.29) is 11.4 Å². The van der Waals surface area contributed by atoms with Crippen molar-refractivity contribution in [3.05, 3.63) is 71.8 Å². The average molecular weight is 313 g/mol. The van der Waals surface area contributed by atoms with Gasteiger partial charge in [-0.05, 0) is 18.1 Å². The van der Waals surface area contributed by atoms with Gasteiger partial charge < -0.3 is 4.74 Å². The highest BCUT2D eigenvalue weighted by molar-refractivity contribution is 7.80. The molecule has 1 aliphatic rings. The number of benzene rings is 2. The summed E-state index contributed by atoms with van der Waals surface area (Å²) in [7, 11) is 0. The molecule has 3 heteroatoms. The Balaban J connectivity index is 1.69. The van der Waals surface area contributed by atoms with Crippen LogP contribution in [0.5, 0.6) is 0 Å². The van der Waals surface area contributed by atoms with Gasteiger partial charge in [0.2, 0.25) is 0 Å². The van der Waals surface area contributed by atoms with Crippen LogP contribution < -0.4 is 0 Å². The maximum absolute atomic E-state index is 5.99. The van der Waals surface area contributed by atoms with Crippen molar-refractivity contribution in [2.24, 2.45) is 0 Å². The predicted molar refractivity (Wildman–Crippen MR) is 94.3 cm³/mol. The van der Waals surface area contributed by atoms with Crippen LogP contribution in [0.1, 0.15) is 29.3 Å². The van der Waals surface area contributed by atoms with Crippen LogP contribution >= 0.6 is 12.6 Å². The van der Waals surface area contributed by atoms with Crippen molar-refractivity contribution in [1.82, 2.24) is 4.90 Å². The topological polar surface area (TPSA) is 12.5 Å². The second-order valence-electron chi connectivity index (χ2n) is 5.85. The van der Waals surface area contributed by atoms with Crippen LogP contribution in [0, 0.1) is 0 Å². The molecule has 1 saturated heterocycles. The van der Waals surface area contributed by atoms with Crippen LogP contribution in [0.15, 0.2) is 60.7 Å². The van der Waals surface area contributed by atoms with Crippen LogP contribution in [0.2, 0.25) is 0 Å². The molecule has 2 aromatic rings. The van der Waals surface area contributed by atoms with Crippen LogP contribution in [-0.4, -0.2) is 30.7 Å². The zero-order valence-electron chi connectivity index (χ0n) is 12.9. The van der Waals surface area contributed by atoms with Gasteiger partial charge in [0.25, 0.3) is 0 Å². The summed E-state index contributed by atoms with van der Waals surface area (Å²) in [4.78, 5) is 2.50. The predicted octanol–water partition coefficient (Wildman–Crippen LogP) is 4.12. The summed E-state index contributed by atoms with van der Waals surface area (Å²) in [6.07, 6.45) is 0.130. The summed E-state index contributed by atoms with van der Waals surface area (Å²) in [5.41, 5.74) is 2.59. The number of nitrogens with zero attached hydrogens (tertiary/aromatic N) is 1. The summed E-state index contributed by atoms with van der Waals surface area (Å²) in [6.45, 7) is 4.93. The Morgan fingerprint density at radius 3 is 2.23 bits per heavy atom. The maximum atomic E-state index is 5.99. The minimum Gasteiger partial charge on any atom is -0.374 e. The second kappa shape index (κ2) is 7.32. The second-order valence-corrected chi connectivity index (χ2v) is 6.40. The van der Waals surface area contributed by atoms with Gasteiger partial charge in [0, 0.05) is 19.1 Å². The van der Waals surface area contributed by atoms with E-state index in [1.165, 1.54) is 11.1 Å². The first-order valence-corrected chi connectivity index (χ1v) is 8.41. The molecule has 0 aliphatic carbocycles. The van der Waals surface area contributed by atoms with Gasteiger partial charge in [-0.2, -0.15) is 12.6 Å². The van der Waals surface area contributed by atoms with E-state index in [0.29, 0.717) is 6.04 Å². The van der Waals surface area contributed by atoms with Crippen molar-refractivity contribution in [3.8, 4) is 0 Å². The lowest BCUT2D eigenvalue weighted by Gasteiger charge is -2.39. The van der Waals surface area contributed by atoms with Gasteiger partial charge in [-0.25, -0.2) is 0 Å². The molecular weight excluding hydrogens is 290 g/mol. The van der Waals surface area contributed by atoms with E-state index >= 15 is 0 Å². The molecule has 1 heterocycles. The van der Waals surface area contributed by atoms with Crippen LogP contribution in [0.25, 0.3) is 0 Å². The SMILES string of the molecule is C[C@H](c1ccccc1)N1CCO[C@@H]([C@H](S)c2ccccc2)C1. The first kappa shape index (κ1) is 15.6. The lowest BCUT2D eigenvalue weighted by molar-refractivity contribution is -0.0418. The van der Waals surface area contributed by atoms with Crippen LogP contribution in [-0.2, 0) is 4.74 Å². The monoisotopic (exact) mass is 313 g/mol. The third-order valence-electron chi connectivity index (χ3n) is 4.45. The molecule has 2 nitrogen and oxygen atoms in total. The zero-order valence-corrected chi connectivity index (χ0v) is 13.8. The fourth-order valence-corrected chi connectivity index (χ4v) is 3.40. The molecule has 1 fully saturated rings. The smallest absolute Gasteiger partial charge is 0.0859 e. The average Bonchev–Trinajstić information content (AvgIpc) is 2.62. The molecule has 0 amide bonds. The Hall–Kier alpha value is -1.29. The van der Waals surface area contributed by atoms with Crippen molar-refractivity contribution in [2.75, 3.05) is 19.7 Å². The molecule has 0 radical (unpaired) electrons. The van der Waals surface area contributed by atoms with E-state index in [4.69, 9.17) is 17.4 Å². The summed E-state index contributed by atoms with van der Waals surface area (Å²) in [6, 6.07) is 21.5. The van der Waals surface area contributed by atoms with Gasteiger partial charge >= 0.3 is 0 Å². The van der Waals surface area contributed by atoms with Crippen molar-refractivity contribution in [1.29, 1.82) is 0 Å². The van der Waals surface area contributed by atoms with Gasteiger partial charge in [0.05, 0.1) is 18.0 Å². The molecule has 0 aromatic heterocycles. The normalized spacial score (nSPS) is 22.2. The van der Waals surface area contributed by atoms with Gasteiger partial charge in [-0.15, -0.1) is 0 Å². The zero-order chi connectivity index (χ0) is 15.4. The largest absolute Gasteiger partial charge is 0.374 e. The number of thiol groups is 1. The highest BCUT2D eigenvalue weighted by Gasteiger charge is 2.29. The minimum atomic E-state index is 0.118. The third kappa shape index (κ3) is 3.54. The number of hydrogen-bond donors (Lipinski definition) is 1. The van der Waals surface area contributed by atoms with E-state index in [0.717, 1.165) is 19.7 Å². The fourth-order valence-electron chi connectivity index (χ4n) is 3.05. The molecular formula is C19H23NOS. The molecule has 0 bridgehead atoms. The molecule has 0 unspecified atom stereocenters. The van der Waals surface area contributed by atoms with E-state index in [1.54, 1.807) is 0 Å². The van der Waals surface area contributed by atoms with Crippen molar-refractivity contribution in [2.45, 2.75) is 24.3 Å². The lowest BCUT2D eigenvalue weighted by atomic mass is 10.0. The lowest BCUT2D eigenvalue weighted by Crippen LogP contribution is -2.45. The van der Waals surface area contributed by atoms with Crippen LogP contribution in [0.4, 0.5) is 0 Å². The van der Waals surface area contributed by atoms with Crippen molar-refractivity contribution >= 4 is 12.6 Å². The summed E-state index contributed by atoms with van der Waals surface area (Å²) in [5.74, 6) is 0. The molecule has 3 rings (SSSR count). The van der Waals surface area contributed by atoms with Gasteiger partial charge in [-0.3, -0.25) is 4.90 Å². The van der Waals surface area contributed by atoms with E-state index in [2.05, 4.69) is 66.4 Å². The number of hydrogen-bond acceptors (Lipinski definition) is 3. The Morgan fingerprint density at radius 1 is 1.00 bits per heavy atom. The quantitative estimate of drug-likeness (QED) is 0.853. The number of ether oxygens (including phenoxy) is 1. The Morgan fingerprint density at radius 2 is 1.59 bits per heavy atom. The maximum Gasteiger partial charge on any atom is 0.0859 e. The molecule has 116 valence electrons. The summed E-state index contributed by atoms with van der Waals surface area (Å²) in [5, 5.41) is 0.118. The summed E-state index contributed by atoms with van der Waals surface area (Å²) < 4.78 is 5.99. The Labute approximate surface area is 138 Å². The first-order valence-electron chi connectivity index (χ1n) is 7.89. The molecule has 0 N–H and O–H groups in total. The van der Waals surface area contributed by atoms with Gasteiger partial charge in [0.15, 0.2) is 0 Å². The fraction of sp³-hybridized carbons (Fsp3) is 0.368. The third-order valence-corrected chi connectivity index (χ3v) is 5.08. The molecule has 2 aromatic carbocycles. The van der Waals surface area contributed by atoms with Crippen LogP contribution in [0.3, 0.4) is 0 Å². The molecule has 1 aliphatic heterocycles. The Bertz CT molecular complexity index is 523. The van der Waals surface area contributed by atoms with E-state index < -0.39 is 0 Å². The van der Waals surface area contributed by atoms with Crippen molar-refractivity contribution < 1.29 is 4.74 Å². The highest BCUT2D eigenvalue weighted by atomic mass is 32.1. The molecule has 3 atom stereocenters. The number of rotatable bonds is 4. The highest BCUT2D eigenvalue weighted by Crippen LogP contribution is 2.31. The molecule has 22 heavy (non-hydrogen) atoms. The standard InChI is InChI=1S/C19H23NOS/c1-15(16-8-4-2-5-9-16)20-12-13-21-18(14-20)19(22)17-10-6-3-7-11-17/h2-11,15,18-19,22H,12-14H2,1H3/t15-,18-,19-/m1/s1. The van der Waals surface area contributed by atoms with E-state index in [1.807, 2.05) is 6.07 Å². The Kier molecular flexibility index (Phi) is 5.19. The number of morpholine rings is 1. The molecule has 0 saturated carbocycles. The van der Waals surface area contributed by atoms with E-state index in [9.17, 15) is 0 Å². The summed E-state index contributed by atoms with van der Waals surface area (Å²) >= 11 is 4.81. The van der Waals surface area contributed by atoms with Crippen molar-refractivity contribution in [3.63, 3.8) is 0 Å². The van der Waals surface area contributed by atoms with Gasteiger partial charge in [-0.1, -0.05) is 60.7 Å². The van der Waals surface area contributed by atoms with Gasteiger partial charge in [0.1, 0.15) is 0 Å². The molecule has 0 spiro atoms.